The number of hydrogen-bond acceptors (Lipinski definition) is 6. The van der Waals surface area contributed by atoms with Gasteiger partial charge < -0.3 is 8.92 Å². The van der Waals surface area contributed by atoms with Crippen LogP contribution in [0.3, 0.4) is 0 Å². The van der Waals surface area contributed by atoms with Crippen LogP contribution in [0.2, 0.25) is 0 Å². The van der Waals surface area contributed by atoms with Crippen molar-refractivity contribution in [2.45, 2.75) is 12.4 Å². The van der Waals surface area contributed by atoms with Crippen molar-refractivity contribution in [3.63, 3.8) is 0 Å². The highest BCUT2D eigenvalue weighted by Crippen LogP contribution is 2.32. The molecule has 0 bridgehead atoms. The van der Waals surface area contributed by atoms with Gasteiger partial charge in [0.2, 0.25) is 0 Å². The van der Waals surface area contributed by atoms with Gasteiger partial charge in [0.05, 0.1) is 12.2 Å². The van der Waals surface area contributed by atoms with E-state index in [-0.39, 0.29) is 23.1 Å². The molecular formula is C13H10F3NO5S. The molecule has 0 unspecified atom stereocenters. The molecule has 6 nitrogen and oxygen atoms in total. The number of benzene rings is 1. The summed E-state index contributed by atoms with van der Waals surface area (Å²) in [7, 11) is -5.84. The fourth-order valence-electron chi connectivity index (χ4n) is 1.77. The number of pyridine rings is 1. The van der Waals surface area contributed by atoms with Gasteiger partial charge in [-0.1, -0.05) is 6.07 Å². The van der Waals surface area contributed by atoms with E-state index in [2.05, 4.69) is 9.17 Å². The average Bonchev–Trinajstić information content (AvgIpc) is 2.46. The van der Waals surface area contributed by atoms with Crippen molar-refractivity contribution >= 4 is 27.0 Å². The SMILES string of the molecule is CCOC(=O)c1ccc(OS(=O)(=O)C(F)(F)F)c2ncccc12. The molecule has 0 aliphatic carbocycles. The fraction of sp³-hybridized carbons (Fsp3) is 0.231. The van der Waals surface area contributed by atoms with Crippen LogP contribution in [-0.2, 0) is 14.9 Å². The van der Waals surface area contributed by atoms with Gasteiger partial charge >= 0.3 is 21.6 Å². The Morgan fingerprint density at radius 1 is 1.26 bits per heavy atom. The van der Waals surface area contributed by atoms with Crippen molar-refractivity contribution in [2.75, 3.05) is 6.61 Å². The first-order valence-electron chi connectivity index (χ1n) is 6.23. The summed E-state index contributed by atoms with van der Waals surface area (Å²) in [6, 6.07) is 4.86. The molecule has 1 aromatic heterocycles. The first-order valence-corrected chi connectivity index (χ1v) is 7.64. The Bertz CT molecular complexity index is 848. The van der Waals surface area contributed by atoms with Crippen molar-refractivity contribution in [2.24, 2.45) is 0 Å². The van der Waals surface area contributed by atoms with E-state index < -0.39 is 27.3 Å². The van der Waals surface area contributed by atoms with E-state index in [0.717, 1.165) is 12.1 Å². The summed E-state index contributed by atoms with van der Waals surface area (Å²) < 4.78 is 68.4. The lowest BCUT2D eigenvalue weighted by molar-refractivity contribution is -0.0499. The molecule has 2 rings (SSSR count). The lowest BCUT2D eigenvalue weighted by Gasteiger charge is -2.12. The molecule has 0 spiro atoms. The zero-order valence-electron chi connectivity index (χ0n) is 11.6. The maximum atomic E-state index is 12.4. The van der Waals surface area contributed by atoms with Crippen molar-refractivity contribution < 1.29 is 35.3 Å². The van der Waals surface area contributed by atoms with Gasteiger partial charge in [-0.3, -0.25) is 4.98 Å². The number of aromatic nitrogens is 1. The van der Waals surface area contributed by atoms with E-state index in [1.165, 1.54) is 18.3 Å². The number of rotatable bonds is 4. The molecule has 1 aromatic carbocycles. The molecule has 0 N–H and O–H groups in total. The Morgan fingerprint density at radius 3 is 2.57 bits per heavy atom. The van der Waals surface area contributed by atoms with Crippen LogP contribution in [0.4, 0.5) is 13.2 Å². The smallest absolute Gasteiger partial charge is 0.462 e. The molecule has 0 aliphatic rings. The molecule has 10 heteroatoms. The van der Waals surface area contributed by atoms with Gasteiger partial charge in [0.1, 0.15) is 5.52 Å². The van der Waals surface area contributed by atoms with Crippen LogP contribution >= 0.6 is 0 Å². The molecule has 0 saturated heterocycles. The van der Waals surface area contributed by atoms with E-state index >= 15 is 0 Å². The number of fused-ring (bicyclic) bond motifs is 1. The minimum Gasteiger partial charge on any atom is -0.462 e. The summed E-state index contributed by atoms with van der Waals surface area (Å²) in [5.41, 5.74) is -5.74. The summed E-state index contributed by atoms with van der Waals surface area (Å²) in [6.45, 7) is 1.69. The van der Waals surface area contributed by atoms with E-state index in [1.807, 2.05) is 0 Å². The summed E-state index contributed by atoms with van der Waals surface area (Å²) in [5.74, 6) is -1.35. The Morgan fingerprint density at radius 2 is 1.96 bits per heavy atom. The predicted molar refractivity (Wildman–Crippen MR) is 73.3 cm³/mol. The van der Waals surface area contributed by atoms with Crippen LogP contribution in [0.15, 0.2) is 30.5 Å². The second-order valence-corrected chi connectivity index (χ2v) is 5.75. The fourth-order valence-corrected chi connectivity index (χ4v) is 2.23. The molecule has 1 heterocycles. The van der Waals surface area contributed by atoms with Crippen LogP contribution in [0, 0.1) is 0 Å². The summed E-state index contributed by atoms with van der Waals surface area (Å²) in [4.78, 5) is 15.6. The Kier molecular flexibility index (Phi) is 4.46. The van der Waals surface area contributed by atoms with Crippen LogP contribution in [0.1, 0.15) is 17.3 Å². The van der Waals surface area contributed by atoms with Crippen molar-refractivity contribution in [1.82, 2.24) is 4.98 Å². The Balaban J connectivity index is 2.57. The van der Waals surface area contributed by atoms with Gasteiger partial charge in [-0.25, -0.2) is 4.79 Å². The second kappa shape index (κ2) is 6.03. The first-order chi connectivity index (χ1) is 10.7. The molecule has 0 fully saturated rings. The maximum absolute atomic E-state index is 12.4. The third-order valence-electron chi connectivity index (χ3n) is 2.71. The highest BCUT2D eigenvalue weighted by molar-refractivity contribution is 7.88. The predicted octanol–water partition coefficient (Wildman–Crippen LogP) is 2.64. The van der Waals surface area contributed by atoms with Gasteiger partial charge in [0, 0.05) is 11.6 Å². The lowest BCUT2D eigenvalue weighted by atomic mass is 10.1. The van der Waals surface area contributed by atoms with E-state index in [9.17, 15) is 26.4 Å². The quantitative estimate of drug-likeness (QED) is 0.479. The number of alkyl halides is 3. The second-order valence-electron chi connectivity index (χ2n) is 4.21. The molecule has 2 aromatic rings. The topological polar surface area (TPSA) is 82.6 Å². The lowest BCUT2D eigenvalue weighted by Crippen LogP contribution is -2.28. The standard InChI is InChI=1S/C13H10F3NO5S/c1-2-21-12(18)9-5-6-10(11-8(9)4-3-7-17-11)22-23(19,20)13(14,15)16/h3-7H,2H2,1H3. The molecule has 0 radical (unpaired) electrons. The molecule has 23 heavy (non-hydrogen) atoms. The van der Waals surface area contributed by atoms with Gasteiger partial charge in [-0.15, -0.1) is 0 Å². The number of hydrogen-bond donors (Lipinski definition) is 0. The van der Waals surface area contributed by atoms with Crippen LogP contribution < -0.4 is 4.18 Å². The van der Waals surface area contributed by atoms with Crippen LogP contribution in [-0.4, -0.2) is 31.5 Å². The van der Waals surface area contributed by atoms with Gasteiger partial charge in [-0.2, -0.15) is 21.6 Å². The van der Waals surface area contributed by atoms with Crippen LogP contribution in [0.5, 0.6) is 5.75 Å². The minimum absolute atomic E-state index is 0.0340. The highest BCUT2D eigenvalue weighted by atomic mass is 32.2. The number of ether oxygens (including phenoxy) is 1. The summed E-state index contributed by atoms with van der Waals surface area (Å²) >= 11 is 0. The third kappa shape index (κ3) is 3.36. The van der Waals surface area contributed by atoms with E-state index in [4.69, 9.17) is 4.74 Å². The molecule has 0 saturated carbocycles. The number of esters is 1. The highest BCUT2D eigenvalue weighted by Gasteiger charge is 2.48. The summed E-state index contributed by atoms with van der Waals surface area (Å²) in [6.07, 6.45) is 1.23. The van der Waals surface area contributed by atoms with Gasteiger partial charge in [-0.05, 0) is 25.1 Å². The van der Waals surface area contributed by atoms with E-state index in [1.54, 1.807) is 6.92 Å². The summed E-state index contributed by atoms with van der Waals surface area (Å²) in [5, 5.41) is 0.112. The number of carbonyl (C=O) groups is 1. The Hall–Kier alpha value is -2.36. The van der Waals surface area contributed by atoms with Gasteiger partial charge in [0.25, 0.3) is 0 Å². The zero-order valence-corrected chi connectivity index (χ0v) is 12.4. The third-order valence-corrected chi connectivity index (χ3v) is 3.68. The van der Waals surface area contributed by atoms with Crippen molar-refractivity contribution in [3.8, 4) is 5.75 Å². The molecule has 124 valence electrons. The van der Waals surface area contributed by atoms with E-state index in [0.29, 0.717) is 0 Å². The molecule has 0 amide bonds. The number of carbonyl (C=O) groups excluding carboxylic acids is 1. The maximum Gasteiger partial charge on any atom is 0.534 e. The normalized spacial score (nSPS) is 12.2. The molecule has 0 atom stereocenters. The Labute approximate surface area is 129 Å². The largest absolute Gasteiger partial charge is 0.534 e. The van der Waals surface area contributed by atoms with Gasteiger partial charge in [0.15, 0.2) is 5.75 Å². The van der Waals surface area contributed by atoms with Crippen LogP contribution in [0.25, 0.3) is 10.9 Å². The minimum atomic E-state index is -5.84. The first kappa shape index (κ1) is 17.0. The molecule has 0 aliphatic heterocycles. The zero-order chi connectivity index (χ0) is 17.3. The number of nitrogens with zero attached hydrogens (tertiary/aromatic N) is 1. The number of halogens is 3. The van der Waals surface area contributed by atoms with Crippen molar-refractivity contribution in [3.05, 3.63) is 36.0 Å². The average molecular weight is 349 g/mol. The molecular weight excluding hydrogens is 339 g/mol. The monoisotopic (exact) mass is 349 g/mol. The van der Waals surface area contributed by atoms with Crippen molar-refractivity contribution in [1.29, 1.82) is 0 Å².